The fraction of sp³-hybridized carbons (Fsp3) is 0.120. The monoisotopic (exact) mass is 437 g/mol. The van der Waals surface area contributed by atoms with E-state index < -0.39 is 0 Å². The molecule has 2 aliphatic rings. The van der Waals surface area contributed by atoms with Gasteiger partial charge >= 0.3 is 166 Å². The van der Waals surface area contributed by atoms with Gasteiger partial charge in [-0.2, -0.15) is 0 Å². The number of allylic oxidation sites excluding steroid dienone is 1. The molecule has 0 fully saturated rings. The van der Waals surface area contributed by atoms with Crippen LogP contribution in [0.15, 0.2) is 66.7 Å². The fourth-order valence-corrected chi connectivity index (χ4v) is 5.21. The molecule has 5 rings (SSSR count). The minimum Gasteiger partial charge on any atom is -1.00 e. The van der Waals surface area contributed by atoms with Gasteiger partial charge in [-0.05, 0) is 0 Å². The van der Waals surface area contributed by atoms with E-state index in [4.69, 9.17) is 0 Å². The number of hydrogen-bond donors (Lipinski definition) is 0. The van der Waals surface area contributed by atoms with Crippen LogP contribution >= 0.6 is 0 Å². The van der Waals surface area contributed by atoms with Crippen LogP contribution in [0.1, 0.15) is 42.0 Å². The van der Waals surface area contributed by atoms with Crippen LogP contribution in [0.5, 0.6) is 0 Å². The summed E-state index contributed by atoms with van der Waals surface area (Å²) in [5.41, 5.74) is 7.06. The van der Waals surface area contributed by atoms with Crippen molar-refractivity contribution in [1.29, 1.82) is 0 Å². The maximum Gasteiger partial charge on any atom is -1.00 e. The molecule has 28 heavy (non-hydrogen) atoms. The van der Waals surface area contributed by atoms with E-state index in [2.05, 4.69) is 107 Å². The second-order valence-electron chi connectivity index (χ2n) is 7.34. The van der Waals surface area contributed by atoms with Crippen molar-refractivity contribution in [2.45, 2.75) is 19.8 Å². The van der Waals surface area contributed by atoms with E-state index in [1.54, 1.807) is 0 Å². The summed E-state index contributed by atoms with van der Waals surface area (Å²) in [5.74, 6) is 0.329. The van der Waals surface area contributed by atoms with Gasteiger partial charge in [-0.1, -0.05) is 0 Å². The zero-order chi connectivity index (χ0) is 17.8. The Bertz CT molecular complexity index is 1320. The first-order valence-corrected chi connectivity index (χ1v) is 9.88. The molecule has 0 bridgehead atoms. The summed E-state index contributed by atoms with van der Waals surface area (Å²) in [7, 11) is 0. The molecule has 0 N–H and O–H groups in total. The zero-order valence-corrected chi connectivity index (χ0v) is 18.8. The molecule has 0 saturated carbocycles. The van der Waals surface area contributed by atoms with Crippen molar-refractivity contribution in [1.82, 2.24) is 0 Å². The third-order valence-corrected chi connectivity index (χ3v) is 6.44. The number of benzene rings is 3. The summed E-state index contributed by atoms with van der Waals surface area (Å²) in [4.78, 5) is 0. The molecule has 0 saturated heterocycles. The van der Waals surface area contributed by atoms with Crippen molar-refractivity contribution in [2.75, 3.05) is 0 Å². The Morgan fingerprint density at radius 3 is 2.21 bits per heavy atom. The molecule has 3 aromatic carbocycles. The van der Waals surface area contributed by atoms with E-state index in [-0.39, 0.29) is 24.8 Å². The molecule has 0 radical (unpaired) electrons. The van der Waals surface area contributed by atoms with Crippen LogP contribution in [0.2, 0.25) is 0 Å². The van der Waals surface area contributed by atoms with Crippen LogP contribution < -0.4 is 35.3 Å². The number of halogens is 2. The van der Waals surface area contributed by atoms with Crippen molar-refractivity contribution in [2.24, 2.45) is 0 Å². The predicted molar refractivity (Wildman–Crippen MR) is 104 cm³/mol. The van der Waals surface area contributed by atoms with Gasteiger partial charge in [0.25, 0.3) is 0 Å². The average molecular weight is 438 g/mol. The summed E-state index contributed by atoms with van der Waals surface area (Å²) in [6, 6.07) is 22.3. The molecule has 0 nitrogen and oxygen atoms in total. The van der Waals surface area contributed by atoms with Crippen LogP contribution in [0, 0.1) is 10.4 Å². The Balaban J connectivity index is 0.00000112. The largest absolute Gasteiger partial charge is 1.00 e. The van der Waals surface area contributed by atoms with Gasteiger partial charge < -0.3 is 24.8 Å². The summed E-state index contributed by atoms with van der Waals surface area (Å²) < 4.78 is 1.41. The molecule has 0 aromatic heterocycles. The minimum atomic E-state index is 0. The molecule has 1 atom stereocenters. The summed E-state index contributed by atoms with van der Waals surface area (Å²) in [6.45, 7) is 4.46. The zero-order valence-electron chi connectivity index (χ0n) is 15.8. The second-order valence-corrected chi connectivity index (χ2v) is 8.12. The number of rotatable bonds is 1. The van der Waals surface area contributed by atoms with Gasteiger partial charge in [0, 0.05) is 0 Å². The summed E-state index contributed by atoms with van der Waals surface area (Å²) in [5, 5.41) is 5.53. The molecule has 0 spiro atoms. The third kappa shape index (κ3) is 3.04. The Labute approximate surface area is 189 Å². The van der Waals surface area contributed by atoms with Gasteiger partial charge in [0.05, 0.1) is 0 Å². The molecule has 0 heterocycles. The van der Waals surface area contributed by atoms with Gasteiger partial charge in [-0.25, -0.2) is 0 Å². The van der Waals surface area contributed by atoms with Crippen molar-refractivity contribution in [3.8, 4) is 0 Å². The van der Waals surface area contributed by atoms with Gasteiger partial charge in [0.1, 0.15) is 0 Å². The summed E-state index contributed by atoms with van der Waals surface area (Å²) in [6.07, 6.45) is 4.66. The van der Waals surface area contributed by atoms with E-state index in [1.165, 1.54) is 52.6 Å². The molecule has 137 valence electrons. The van der Waals surface area contributed by atoms with E-state index in [0.29, 0.717) is 5.92 Å². The van der Waals surface area contributed by atoms with Gasteiger partial charge in [-0.15, -0.1) is 0 Å². The number of fused-ring (bicyclic) bond motifs is 3. The number of hydrogen-bond acceptors (Lipinski definition) is 0. The smallest absolute Gasteiger partial charge is 1.00 e. The Morgan fingerprint density at radius 2 is 1.46 bits per heavy atom. The molecule has 1 unspecified atom stereocenters. The van der Waals surface area contributed by atoms with Crippen LogP contribution in [0.25, 0.3) is 15.5 Å². The van der Waals surface area contributed by atoms with E-state index in [0.717, 1.165) is 0 Å². The molecule has 0 amide bonds. The van der Waals surface area contributed by atoms with Crippen LogP contribution in [-0.2, 0) is 20.4 Å². The van der Waals surface area contributed by atoms with Gasteiger partial charge in [0.2, 0.25) is 0 Å². The first kappa shape index (κ1) is 21.2. The molecule has 3 aromatic rings. The Morgan fingerprint density at radius 1 is 0.786 bits per heavy atom. The van der Waals surface area contributed by atoms with Crippen molar-refractivity contribution in [3.05, 3.63) is 110 Å². The summed E-state index contributed by atoms with van der Waals surface area (Å²) >= 11 is 2.29. The Kier molecular flexibility index (Phi) is 6.08. The second kappa shape index (κ2) is 8.05. The molecule has 3 heteroatoms. The van der Waals surface area contributed by atoms with Gasteiger partial charge in [-0.3, -0.25) is 0 Å². The van der Waals surface area contributed by atoms with E-state index >= 15 is 0 Å². The van der Waals surface area contributed by atoms with Gasteiger partial charge in [0.15, 0.2) is 0 Å². The van der Waals surface area contributed by atoms with Crippen LogP contribution in [0.3, 0.4) is 0 Å². The maximum atomic E-state index is 2.38. The SMILES string of the molecule is CC(C)=c1ccc2c(c1C1C=Cc3ccccc31)[C]([Ti+2])=c1ccccc1=2.[Cl-].[Cl-]. The normalized spacial score (nSPS) is 15.3. The Hall–Kier alpha value is -1.57. The van der Waals surface area contributed by atoms with Crippen molar-refractivity contribution in [3.63, 3.8) is 0 Å². The molecular weight excluding hydrogens is 419 g/mol. The minimum absolute atomic E-state index is 0. The maximum absolute atomic E-state index is 2.38. The van der Waals surface area contributed by atoms with Crippen LogP contribution in [0.4, 0.5) is 0 Å². The van der Waals surface area contributed by atoms with Crippen molar-refractivity contribution < 1.29 is 45.2 Å². The molecule has 2 aliphatic carbocycles. The average Bonchev–Trinajstić information content (AvgIpc) is 3.21. The third-order valence-electron chi connectivity index (χ3n) is 5.63. The van der Waals surface area contributed by atoms with E-state index in [1.807, 2.05) is 0 Å². The predicted octanol–water partition coefficient (Wildman–Crippen LogP) is -1.65. The molecular formula is C25H19Cl2Ti. The van der Waals surface area contributed by atoms with Crippen LogP contribution in [-0.4, -0.2) is 0 Å². The molecule has 0 aliphatic heterocycles. The first-order chi connectivity index (χ1) is 12.7. The van der Waals surface area contributed by atoms with E-state index in [9.17, 15) is 0 Å². The standard InChI is InChI=1S/C25H19.2ClH.Ti/c1-16(2)19-13-14-22-21-10-6-4-8-18(21)15-24(22)25(19)23-12-11-17-7-3-5-9-20(17)23;;;/h3-14,23H,1-2H3;2*1H;/q;;;+2/p-2. The van der Waals surface area contributed by atoms with Crippen molar-refractivity contribution >= 4 is 15.5 Å². The topological polar surface area (TPSA) is 0 Å². The quantitative estimate of drug-likeness (QED) is 0.400. The first-order valence-electron chi connectivity index (χ1n) is 9.10. The fourth-order valence-electron chi connectivity index (χ4n) is 4.44.